The van der Waals surface area contributed by atoms with Crippen LogP contribution in [0.5, 0.6) is 5.88 Å². The van der Waals surface area contributed by atoms with Gasteiger partial charge in [0.05, 0.1) is 11.4 Å². The molecule has 1 atom stereocenters. The molecule has 0 fully saturated rings. The van der Waals surface area contributed by atoms with Gasteiger partial charge in [-0.15, -0.1) is 0 Å². The summed E-state index contributed by atoms with van der Waals surface area (Å²) in [6, 6.07) is 4.51. The summed E-state index contributed by atoms with van der Waals surface area (Å²) in [6.45, 7) is 0.0472. The third-order valence-corrected chi connectivity index (χ3v) is 2.61. The van der Waals surface area contributed by atoms with E-state index in [0.29, 0.717) is 16.0 Å². The molecule has 1 heterocycles. The third kappa shape index (κ3) is 3.50. The highest BCUT2D eigenvalue weighted by Crippen LogP contribution is 2.27. The van der Waals surface area contributed by atoms with E-state index in [1.165, 1.54) is 0 Å². The van der Waals surface area contributed by atoms with Gasteiger partial charge in [0, 0.05) is 5.02 Å². The molecular weight excluding hydrogens is 288 g/mol. The van der Waals surface area contributed by atoms with Crippen LogP contribution in [0.4, 0.5) is 4.79 Å². The van der Waals surface area contributed by atoms with Crippen LogP contribution in [0.25, 0.3) is 11.0 Å². The van der Waals surface area contributed by atoms with Crippen molar-refractivity contribution in [2.75, 3.05) is 13.2 Å². The average Bonchev–Trinajstić information content (AvgIpc) is 2.84. The van der Waals surface area contributed by atoms with Crippen molar-refractivity contribution in [3.63, 3.8) is 0 Å². The van der Waals surface area contributed by atoms with E-state index >= 15 is 0 Å². The lowest BCUT2D eigenvalue weighted by atomic mass is 10.2. The lowest BCUT2D eigenvalue weighted by molar-refractivity contribution is 0.127. The van der Waals surface area contributed by atoms with Crippen LogP contribution in [0.1, 0.15) is 0 Å². The molecule has 0 bridgehead atoms. The molecule has 5 N–H and O–H groups in total. The Morgan fingerprint density at radius 1 is 1.50 bits per heavy atom. The third-order valence-electron chi connectivity index (χ3n) is 2.38. The summed E-state index contributed by atoms with van der Waals surface area (Å²) in [6.07, 6.45) is -0.765. The number of rotatable bonds is 5. The number of nitrogens with two attached hydrogens (primary N) is 2. The Labute approximate surface area is 118 Å². The van der Waals surface area contributed by atoms with Gasteiger partial charge in [-0.3, -0.25) is 5.43 Å². The number of nitrogens with one attached hydrogen (secondary N) is 1. The molecule has 0 spiro atoms. The van der Waals surface area contributed by atoms with E-state index in [1.807, 2.05) is 5.43 Å². The maximum atomic E-state index is 10.8. The van der Waals surface area contributed by atoms with Crippen LogP contribution >= 0.6 is 11.6 Å². The SMILES string of the molecule is NNC(=O)OCC(N)COc1noc2ccc(Cl)cc12. The van der Waals surface area contributed by atoms with Crippen LogP contribution < -0.4 is 21.7 Å². The van der Waals surface area contributed by atoms with E-state index in [9.17, 15) is 4.79 Å². The van der Waals surface area contributed by atoms with E-state index in [1.54, 1.807) is 18.2 Å². The first-order chi connectivity index (χ1) is 9.60. The minimum atomic E-state index is -0.765. The Morgan fingerprint density at radius 2 is 2.30 bits per heavy atom. The predicted molar refractivity (Wildman–Crippen MR) is 71.2 cm³/mol. The summed E-state index contributed by atoms with van der Waals surface area (Å²) in [5.74, 6) is 5.13. The lowest BCUT2D eigenvalue weighted by Crippen LogP contribution is -2.38. The number of hydrogen-bond acceptors (Lipinski definition) is 7. The van der Waals surface area contributed by atoms with Crippen molar-refractivity contribution >= 4 is 28.7 Å². The van der Waals surface area contributed by atoms with Crippen molar-refractivity contribution in [2.45, 2.75) is 6.04 Å². The van der Waals surface area contributed by atoms with Crippen molar-refractivity contribution in [3.05, 3.63) is 23.2 Å². The largest absolute Gasteiger partial charge is 0.473 e. The molecule has 0 aliphatic carbocycles. The van der Waals surface area contributed by atoms with Crippen molar-refractivity contribution in [1.29, 1.82) is 0 Å². The smallest absolute Gasteiger partial charge is 0.421 e. The number of carbonyl (C=O) groups is 1. The van der Waals surface area contributed by atoms with E-state index in [0.717, 1.165) is 0 Å². The molecule has 2 rings (SSSR count). The van der Waals surface area contributed by atoms with E-state index in [4.69, 9.17) is 32.4 Å². The molecule has 9 heteroatoms. The number of hydrazine groups is 1. The highest BCUT2D eigenvalue weighted by molar-refractivity contribution is 6.31. The highest BCUT2D eigenvalue weighted by atomic mass is 35.5. The van der Waals surface area contributed by atoms with E-state index < -0.39 is 12.1 Å². The number of nitrogens with zero attached hydrogens (tertiary/aromatic N) is 1. The highest BCUT2D eigenvalue weighted by Gasteiger charge is 2.13. The molecule has 0 saturated heterocycles. The van der Waals surface area contributed by atoms with Crippen LogP contribution in [0.15, 0.2) is 22.7 Å². The second-order valence-corrected chi connectivity index (χ2v) is 4.38. The van der Waals surface area contributed by atoms with Crippen molar-refractivity contribution in [2.24, 2.45) is 11.6 Å². The first-order valence-electron chi connectivity index (χ1n) is 5.67. The Kier molecular flexibility index (Phi) is 4.61. The fourth-order valence-corrected chi connectivity index (χ4v) is 1.62. The van der Waals surface area contributed by atoms with Crippen LogP contribution in [0.2, 0.25) is 5.02 Å². The van der Waals surface area contributed by atoms with Gasteiger partial charge >= 0.3 is 6.09 Å². The molecule has 1 amide bonds. The number of hydrogen-bond donors (Lipinski definition) is 3. The first kappa shape index (κ1) is 14.4. The van der Waals surface area contributed by atoms with Gasteiger partial charge in [-0.1, -0.05) is 11.6 Å². The normalized spacial score (nSPS) is 12.2. The second kappa shape index (κ2) is 6.42. The van der Waals surface area contributed by atoms with Gasteiger partial charge in [0.15, 0.2) is 5.58 Å². The minimum absolute atomic E-state index is 0.0421. The number of benzene rings is 1. The summed E-state index contributed by atoms with van der Waals surface area (Å²) < 4.78 is 15.2. The fraction of sp³-hybridized carbons (Fsp3) is 0.273. The number of halogens is 1. The van der Waals surface area contributed by atoms with Crippen molar-refractivity contribution in [1.82, 2.24) is 10.6 Å². The zero-order chi connectivity index (χ0) is 14.5. The van der Waals surface area contributed by atoms with E-state index in [-0.39, 0.29) is 19.1 Å². The van der Waals surface area contributed by atoms with Gasteiger partial charge in [0.1, 0.15) is 13.2 Å². The van der Waals surface area contributed by atoms with Gasteiger partial charge in [-0.25, -0.2) is 10.6 Å². The zero-order valence-corrected chi connectivity index (χ0v) is 11.1. The Hall–Kier alpha value is -2.03. The summed E-state index contributed by atoms with van der Waals surface area (Å²) in [4.78, 5) is 10.8. The fourth-order valence-electron chi connectivity index (χ4n) is 1.45. The van der Waals surface area contributed by atoms with Gasteiger partial charge in [0.25, 0.3) is 5.88 Å². The molecule has 2 aromatic rings. The summed E-state index contributed by atoms with van der Waals surface area (Å²) in [7, 11) is 0. The van der Waals surface area contributed by atoms with Crippen LogP contribution in [0.3, 0.4) is 0 Å². The molecule has 0 aliphatic rings. The average molecular weight is 301 g/mol. The molecule has 1 aromatic heterocycles. The van der Waals surface area contributed by atoms with Gasteiger partial charge in [0.2, 0.25) is 0 Å². The molecule has 108 valence electrons. The molecule has 0 aliphatic heterocycles. The zero-order valence-electron chi connectivity index (χ0n) is 10.3. The second-order valence-electron chi connectivity index (χ2n) is 3.94. The van der Waals surface area contributed by atoms with Crippen LogP contribution in [0, 0.1) is 0 Å². The number of ether oxygens (including phenoxy) is 2. The molecule has 20 heavy (non-hydrogen) atoms. The molecule has 0 radical (unpaired) electrons. The lowest BCUT2D eigenvalue weighted by Gasteiger charge is -2.11. The number of aromatic nitrogens is 1. The molecule has 1 aromatic carbocycles. The van der Waals surface area contributed by atoms with Crippen LogP contribution in [-0.4, -0.2) is 30.5 Å². The van der Waals surface area contributed by atoms with Crippen LogP contribution in [-0.2, 0) is 4.74 Å². The van der Waals surface area contributed by atoms with E-state index in [2.05, 4.69) is 9.89 Å². The maximum absolute atomic E-state index is 10.8. The van der Waals surface area contributed by atoms with Crippen molar-refractivity contribution in [3.8, 4) is 5.88 Å². The first-order valence-corrected chi connectivity index (χ1v) is 6.04. The predicted octanol–water partition coefficient (Wildman–Crippen LogP) is 0.787. The Bertz CT molecular complexity index is 603. The van der Waals surface area contributed by atoms with Gasteiger partial charge in [-0.2, -0.15) is 0 Å². The standard InChI is InChI=1S/C11H13ClN4O4/c12-6-1-2-9-8(3-6)10(16-20-9)18-4-7(13)5-19-11(17)15-14/h1-3,7H,4-5,13-14H2,(H,15,17). The quantitative estimate of drug-likeness (QED) is 0.423. The summed E-state index contributed by atoms with van der Waals surface area (Å²) in [5.41, 5.74) is 8.09. The molecule has 1 unspecified atom stereocenters. The Morgan fingerprint density at radius 3 is 3.05 bits per heavy atom. The number of amides is 1. The minimum Gasteiger partial charge on any atom is -0.473 e. The monoisotopic (exact) mass is 300 g/mol. The van der Waals surface area contributed by atoms with Gasteiger partial charge < -0.3 is 19.7 Å². The van der Waals surface area contributed by atoms with Crippen molar-refractivity contribution < 1.29 is 18.8 Å². The number of fused-ring (bicyclic) bond motifs is 1. The summed E-state index contributed by atoms with van der Waals surface area (Å²) in [5, 5.41) is 4.95. The molecule has 0 saturated carbocycles. The molecule has 8 nitrogen and oxygen atoms in total. The topological polar surface area (TPSA) is 126 Å². The number of carbonyl (C=O) groups excluding carboxylic acids is 1. The summed E-state index contributed by atoms with van der Waals surface area (Å²) >= 11 is 5.88. The molecular formula is C11H13ClN4O4. The Balaban J connectivity index is 1.92. The maximum Gasteiger partial charge on any atom is 0.421 e. The van der Waals surface area contributed by atoms with Gasteiger partial charge in [-0.05, 0) is 23.4 Å².